The summed E-state index contributed by atoms with van der Waals surface area (Å²) in [4.78, 5) is 10.5. The lowest BCUT2D eigenvalue weighted by Gasteiger charge is -1.94. The van der Waals surface area contributed by atoms with Gasteiger partial charge in [-0.3, -0.25) is 5.73 Å². The standard InChI is InChI=1S/C9H11NO/c10-9(11)7-6-8-4-2-1-3-5-8/h1-5H,6-7H2,(H2,10,11)/p+1. The minimum Gasteiger partial charge on any atom is -0.295 e. The molecular weight excluding hydrogens is 138 g/mol. The highest BCUT2D eigenvalue weighted by Gasteiger charge is 1.97. The van der Waals surface area contributed by atoms with Crippen molar-refractivity contribution >= 4 is 5.91 Å². The minimum atomic E-state index is 0.00820. The van der Waals surface area contributed by atoms with Gasteiger partial charge in [0.05, 0.1) is 6.42 Å². The smallest absolute Gasteiger partial charge is 0.295 e. The number of carbonyl (C=O) groups is 1. The van der Waals surface area contributed by atoms with E-state index in [0.717, 1.165) is 6.42 Å². The van der Waals surface area contributed by atoms with Crippen molar-refractivity contribution in [1.82, 2.24) is 0 Å². The van der Waals surface area contributed by atoms with E-state index in [4.69, 9.17) is 0 Å². The second-order valence-electron chi connectivity index (χ2n) is 2.52. The number of benzene rings is 1. The number of carbonyl (C=O) groups excluding carboxylic acids is 1. The van der Waals surface area contributed by atoms with Crippen LogP contribution in [0.5, 0.6) is 0 Å². The van der Waals surface area contributed by atoms with Crippen LogP contribution in [0.25, 0.3) is 0 Å². The summed E-state index contributed by atoms with van der Waals surface area (Å²) in [5.74, 6) is 0.00820. The van der Waals surface area contributed by atoms with Gasteiger partial charge in [-0.05, 0) is 12.0 Å². The van der Waals surface area contributed by atoms with E-state index >= 15 is 0 Å². The van der Waals surface area contributed by atoms with E-state index in [-0.39, 0.29) is 5.91 Å². The molecule has 0 radical (unpaired) electrons. The Labute approximate surface area is 66.0 Å². The maximum absolute atomic E-state index is 10.5. The second-order valence-corrected chi connectivity index (χ2v) is 2.52. The lowest BCUT2D eigenvalue weighted by atomic mass is 10.1. The summed E-state index contributed by atoms with van der Waals surface area (Å²) in [6.45, 7) is 0. The SMILES string of the molecule is [NH3+]C(=O)CCc1ccccc1. The van der Waals surface area contributed by atoms with Crippen LogP contribution in [-0.2, 0) is 11.2 Å². The molecule has 0 unspecified atom stereocenters. The molecule has 0 saturated carbocycles. The Morgan fingerprint density at radius 2 is 1.91 bits per heavy atom. The molecule has 1 aromatic rings. The van der Waals surface area contributed by atoms with E-state index in [1.165, 1.54) is 5.56 Å². The summed E-state index contributed by atoms with van der Waals surface area (Å²) in [5.41, 5.74) is 4.51. The first kappa shape index (κ1) is 7.95. The molecule has 0 heterocycles. The van der Waals surface area contributed by atoms with Crippen LogP contribution >= 0.6 is 0 Å². The molecule has 0 bridgehead atoms. The molecule has 2 nitrogen and oxygen atoms in total. The quantitative estimate of drug-likeness (QED) is 0.665. The van der Waals surface area contributed by atoms with Crippen LogP contribution in [-0.4, -0.2) is 5.91 Å². The van der Waals surface area contributed by atoms with Gasteiger partial charge in [0, 0.05) is 0 Å². The Morgan fingerprint density at radius 3 is 2.45 bits per heavy atom. The third-order valence-electron chi connectivity index (χ3n) is 1.54. The monoisotopic (exact) mass is 150 g/mol. The lowest BCUT2D eigenvalue weighted by Crippen LogP contribution is -2.56. The normalized spacial score (nSPS) is 9.55. The van der Waals surface area contributed by atoms with E-state index in [1.54, 1.807) is 0 Å². The molecule has 0 fully saturated rings. The van der Waals surface area contributed by atoms with Crippen molar-refractivity contribution in [2.75, 3.05) is 0 Å². The van der Waals surface area contributed by atoms with Crippen molar-refractivity contribution in [1.29, 1.82) is 0 Å². The largest absolute Gasteiger partial charge is 0.309 e. The van der Waals surface area contributed by atoms with E-state index in [1.807, 2.05) is 30.3 Å². The summed E-state index contributed by atoms with van der Waals surface area (Å²) < 4.78 is 0. The Hall–Kier alpha value is -1.15. The van der Waals surface area contributed by atoms with E-state index < -0.39 is 0 Å². The molecule has 1 rings (SSSR count). The second kappa shape index (κ2) is 3.88. The molecule has 0 aliphatic heterocycles. The molecule has 58 valence electrons. The van der Waals surface area contributed by atoms with Crippen LogP contribution in [0.15, 0.2) is 30.3 Å². The van der Waals surface area contributed by atoms with Crippen molar-refractivity contribution < 1.29 is 10.5 Å². The minimum absolute atomic E-state index is 0.00820. The first-order valence-corrected chi connectivity index (χ1v) is 3.68. The number of hydrogen-bond acceptors (Lipinski definition) is 1. The number of hydrogen-bond donors (Lipinski definition) is 1. The first-order chi connectivity index (χ1) is 5.29. The molecule has 0 atom stereocenters. The number of quaternary nitrogens is 1. The highest BCUT2D eigenvalue weighted by atomic mass is 16.1. The molecular formula is C9H12NO+. The Bertz CT molecular complexity index is 231. The molecule has 0 aliphatic carbocycles. The fraction of sp³-hybridized carbons (Fsp3) is 0.222. The van der Waals surface area contributed by atoms with Gasteiger partial charge in [-0.1, -0.05) is 30.3 Å². The fourth-order valence-corrected chi connectivity index (χ4v) is 0.928. The predicted molar refractivity (Wildman–Crippen MR) is 42.7 cm³/mol. The topological polar surface area (TPSA) is 44.7 Å². The van der Waals surface area contributed by atoms with Crippen LogP contribution in [0.3, 0.4) is 0 Å². The molecule has 1 aromatic carbocycles. The average molecular weight is 150 g/mol. The molecule has 0 spiro atoms. The summed E-state index contributed by atoms with van der Waals surface area (Å²) in [6, 6.07) is 9.95. The fourth-order valence-electron chi connectivity index (χ4n) is 0.928. The van der Waals surface area contributed by atoms with Crippen LogP contribution in [0.2, 0.25) is 0 Å². The highest BCUT2D eigenvalue weighted by Crippen LogP contribution is 2.00. The Morgan fingerprint density at radius 1 is 1.27 bits per heavy atom. The van der Waals surface area contributed by atoms with Crippen molar-refractivity contribution in [3.8, 4) is 0 Å². The number of rotatable bonds is 3. The molecule has 11 heavy (non-hydrogen) atoms. The van der Waals surface area contributed by atoms with Gasteiger partial charge in [0.15, 0.2) is 0 Å². The Balaban J connectivity index is 2.45. The van der Waals surface area contributed by atoms with E-state index in [9.17, 15) is 4.79 Å². The van der Waals surface area contributed by atoms with Gasteiger partial charge >= 0.3 is 5.91 Å². The zero-order chi connectivity index (χ0) is 8.10. The Kier molecular flexibility index (Phi) is 2.81. The van der Waals surface area contributed by atoms with Crippen LogP contribution in [0, 0.1) is 0 Å². The third-order valence-corrected chi connectivity index (χ3v) is 1.54. The molecule has 0 saturated heterocycles. The first-order valence-electron chi connectivity index (χ1n) is 3.68. The zero-order valence-corrected chi connectivity index (χ0v) is 6.42. The highest BCUT2D eigenvalue weighted by molar-refractivity contribution is 5.64. The zero-order valence-electron chi connectivity index (χ0n) is 6.42. The van der Waals surface area contributed by atoms with Crippen molar-refractivity contribution in [2.45, 2.75) is 12.8 Å². The summed E-state index contributed by atoms with van der Waals surface area (Å²) in [6.07, 6.45) is 1.35. The van der Waals surface area contributed by atoms with Gasteiger partial charge in [-0.15, -0.1) is 0 Å². The lowest BCUT2D eigenvalue weighted by molar-refractivity contribution is -0.305. The van der Waals surface area contributed by atoms with Crippen LogP contribution in [0.1, 0.15) is 12.0 Å². The summed E-state index contributed by atoms with van der Waals surface area (Å²) in [5, 5.41) is 0. The van der Waals surface area contributed by atoms with E-state index in [2.05, 4.69) is 5.73 Å². The summed E-state index contributed by atoms with van der Waals surface area (Å²) in [7, 11) is 0. The number of aryl methyl sites for hydroxylation is 1. The molecule has 1 amide bonds. The van der Waals surface area contributed by atoms with Crippen molar-refractivity contribution in [2.24, 2.45) is 0 Å². The van der Waals surface area contributed by atoms with Gasteiger partial charge in [-0.25, -0.2) is 4.79 Å². The third kappa shape index (κ3) is 2.96. The van der Waals surface area contributed by atoms with Gasteiger partial charge in [-0.2, -0.15) is 0 Å². The molecule has 0 aromatic heterocycles. The van der Waals surface area contributed by atoms with Gasteiger partial charge < -0.3 is 0 Å². The predicted octanol–water partition coefficient (Wildman–Crippen LogP) is 0.388. The molecule has 3 N–H and O–H groups in total. The van der Waals surface area contributed by atoms with Crippen molar-refractivity contribution in [3.63, 3.8) is 0 Å². The maximum atomic E-state index is 10.5. The van der Waals surface area contributed by atoms with Gasteiger partial charge in [0.1, 0.15) is 0 Å². The molecule has 0 aliphatic rings. The average Bonchev–Trinajstić information content (AvgIpc) is 2.03. The maximum Gasteiger partial charge on any atom is 0.309 e. The van der Waals surface area contributed by atoms with Crippen LogP contribution in [0.4, 0.5) is 0 Å². The van der Waals surface area contributed by atoms with Crippen molar-refractivity contribution in [3.05, 3.63) is 35.9 Å². The number of amides is 1. The summed E-state index contributed by atoms with van der Waals surface area (Å²) >= 11 is 0. The van der Waals surface area contributed by atoms with Crippen LogP contribution < -0.4 is 5.73 Å². The van der Waals surface area contributed by atoms with Gasteiger partial charge in [0.25, 0.3) is 0 Å². The van der Waals surface area contributed by atoms with Gasteiger partial charge in [0.2, 0.25) is 0 Å². The molecule has 2 heteroatoms. The van der Waals surface area contributed by atoms with E-state index in [0.29, 0.717) is 6.42 Å².